The highest BCUT2D eigenvalue weighted by Crippen LogP contribution is 2.20. The smallest absolute Gasteiger partial charge is 0.244 e. The molecule has 3 N–H and O–H groups in total. The molecule has 112 valence electrons. The summed E-state index contributed by atoms with van der Waals surface area (Å²) in [5, 5.41) is 2.55. The first-order valence-electron chi connectivity index (χ1n) is 5.78. The molecule has 0 aliphatic carbocycles. The van der Waals surface area contributed by atoms with Crippen molar-refractivity contribution < 1.29 is 9.59 Å². The van der Waals surface area contributed by atoms with Crippen LogP contribution < -0.4 is 11.1 Å². The number of hydrogen-bond acceptors (Lipinski definition) is 3. The topological polar surface area (TPSA) is 75.4 Å². The lowest BCUT2D eigenvalue weighted by Gasteiger charge is -2.24. The maximum absolute atomic E-state index is 12.1. The average Bonchev–Trinajstić information content (AvgIpc) is 2.35. The Morgan fingerprint density at radius 3 is 2.25 bits per heavy atom. The fourth-order valence-corrected chi connectivity index (χ4v) is 1.69. The normalized spacial score (nSPS) is 12.8. The molecule has 0 aliphatic rings. The highest BCUT2D eigenvalue weighted by atomic mass is 79.9. The number of nitrogens with zero attached hydrogens (tertiary/aromatic N) is 1. The summed E-state index contributed by atoms with van der Waals surface area (Å²) in [6, 6.07) is 7.19. The highest BCUT2D eigenvalue weighted by Gasteiger charge is 2.30. The first-order valence-corrected chi connectivity index (χ1v) is 6.58. The minimum Gasteiger partial charge on any atom is -0.347 e. The number of carbonyl (C=O) groups excluding carboxylic acids is 2. The van der Waals surface area contributed by atoms with E-state index in [4.69, 9.17) is 5.73 Å². The van der Waals surface area contributed by atoms with E-state index in [0.717, 1.165) is 4.47 Å². The molecule has 20 heavy (non-hydrogen) atoms. The van der Waals surface area contributed by atoms with Gasteiger partial charge in [-0.05, 0) is 24.6 Å². The zero-order valence-corrected chi connectivity index (χ0v) is 14.0. The molecule has 0 aliphatic heterocycles. The molecule has 0 heterocycles. The van der Waals surface area contributed by atoms with Crippen molar-refractivity contribution in [1.29, 1.82) is 0 Å². The molecule has 0 aromatic heterocycles. The van der Waals surface area contributed by atoms with E-state index < -0.39 is 5.54 Å². The zero-order chi connectivity index (χ0) is 14.6. The number of likely N-dealkylation sites (N-methyl/N-ethyl adjacent to an activating group) is 1. The summed E-state index contributed by atoms with van der Waals surface area (Å²) in [5.74, 6) is -0.565. The van der Waals surface area contributed by atoms with E-state index in [1.807, 2.05) is 12.1 Å². The summed E-state index contributed by atoms with van der Waals surface area (Å²) in [5.41, 5.74) is 5.55. The number of rotatable bonds is 4. The Hall–Kier alpha value is -1.11. The minimum atomic E-state index is -1.17. The van der Waals surface area contributed by atoms with E-state index in [1.165, 1.54) is 4.90 Å². The average molecular weight is 365 g/mol. The van der Waals surface area contributed by atoms with Crippen molar-refractivity contribution in [3.8, 4) is 0 Å². The number of benzene rings is 1. The molecule has 0 spiro atoms. The molecular weight excluding hydrogens is 346 g/mol. The van der Waals surface area contributed by atoms with E-state index in [0.29, 0.717) is 5.56 Å². The van der Waals surface area contributed by atoms with E-state index in [9.17, 15) is 9.59 Å². The molecule has 7 heteroatoms. The van der Waals surface area contributed by atoms with E-state index in [1.54, 1.807) is 33.2 Å². The van der Waals surface area contributed by atoms with Crippen LogP contribution in [0.1, 0.15) is 12.5 Å². The molecule has 5 nitrogen and oxygen atoms in total. The van der Waals surface area contributed by atoms with Gasteiger partial charge in [-0.1, -0.05) is 28.1 Å². The molecule has 1 rings (SSSR count). The predicted molar refractivity (Wildman–Crippen MR) is 84.6 cm³/mol. The van der Waals surface area contributed by atoms with E-state index >= 15 is 0 Å². The summed E-state index contributed by atoms with van der Waals surface area (Å²) in [6.07, 6.45) is 0. The van der Waals surface area contributed by atoms with Crippen LogP contribution in [0.3, 0.4) is 0 Å². The van der Waals surface area contributed by atoms with Gasteiger partial charge in [0.2, 0.25) is 11.8 Å². The molecule has 0 bridgehead atoms. The van der Waals surface area contributed by atoms with Gasteiger partial charge in [0.15, 0.2) is 0 Å². The van der Waals surface area contributed by atoms with Gasteiger partial charge in [-0.2, -0.15) is 0 Å². The number of nitrogens with one attached hydrogen (secondary N) is 1. The fraction of sp³-hybridized carbons (Fsp3) is 0.385. The van der Waals surface area contributed by atoms with Crippen LogP contribution in [0.4, 0.5) is 0 Å². The lowest BCUT2D eigenvalue weighted by molar-refractivity contribution is -0.132. The Kier molecular flexibility index (Phi) is 7.19. The van der Waals surface area contributed by atoms with Crippen LogP contribution in [-0.4, -0.2) is 37.4 Å². The molecule has 0 saturated heterocycles. The summed E-state index contributed by atoms with van der Waals surface area (Å²) >= 11 is 3.32. The Balaban J connectivity index is 0.00000361. The van der Waals surface area contributed by atoms with E-state index in [-0.39, 0.29) is 30.8 Å². The first-order chi connectivity index (χ1) is 8.75. The van der Waals surface area contributed by atoms with Crippen molar-refractivity contribution in [2.24, 2.45) is 5.73 Å². The number of nitrogens with two attached hydrogens (primary N) is 1. The predicted octanol–water partition coefficient (Wildman–Crippen LogP) is 1.25. The second kappa shape index (κ2) is 7.61. The molecule has 1 aromatic rings. The van der Waals surface area contributed by atoms with Crippen LogP contribution in [0.25, 0.3) is 0 Å². The number of hydrogen-bond donors (Lipinski definition) is 2. The summed E-state index contributed by atoms with van der Waals surface area (Å²) in [6.45, 7) is 1.56. The summed E-state index contributed by atoms with van der Waals surface area (Å²) < 4.78 is 0.912. The third-order valence-electron chi connectivity index (χ3n) is 2.81. The quantitative estimate of drug-likeness (QED) is 0.844. The molecule has 2 amide bonds. The monoisotopic (exact) mass is 363 g/mol. The van der Waals surface area contributed by atoms with Crippen molar-refractivity contribution in [3.05, 3.63) is 34.3 Å². The minimum absolute atomic E-state index is 0. The van der Waals surface area contributed by atoms with Gasteiger partial charge in [0.1, 0.15) is 5.54 Å². The maximum Gasteiger partial charge on any atom is 0.244 e. The van der Waals surface area contributed by atoms with Crippen LogP contribution in [0.5, 0.6) is 0 Å². The Morgan fingerprint density at radius 2 is 1.80 bits per heavy atom. The van der Waals surface area contributed by atoms with Gasteiger partial charge in [0.05, 0.1) is 6.54 Å². The fourth-order valence-electron chi connectivity index (χ4n) is 1.42. The van der Waals surface area contributed by atoms with Gasteiger partial charge in [0.25, 0.3) is 0 Å². The molecule has 1 atom stereocenters. The van der Waals surface area contributed by atoms with Gasteiger partial charge < -0.3 is 16.0 Å². The lowest BCUT2D eigenvalue weighted by Crippen LogP contribution is -2.51. The largest absolute Gasteiger partial charge is 0.347 e. The lowest BCUT2D eigenvalue weighted by atomic mass is 9.92. The second-order valence-corrected chi connectivity index (χ2v) is 5.60. The van der Waals surface area contributed by atoms with Gasteiger partial charge in [0, 0.05) is 18.6 Å². The SMILES string of the molecule is CN(C)C(=O)CNC(=O)C(C)(N)c1ccc(Br)cc1.Cl. The molecule has 1 unspecified atom stereocenters. The second-order valence-electron chi connectivity index (χ2n) is 4.68. The molecule has 0 saturated carbocycles. The van der Waals surface area contributed by atoms with Crippen molar-refractivity contribution in [3.63, 3.8) is 0 Å². The van der Waals surface area contributed by atoms with Crippen LogP contribution >= 0.6 is 28.3 Å². The molecular formula is C13H19BrClN3O2. The van der Waals surface area contributed by atoms with Crippen LogP contribution in [0.2, 0.25) is 0 Å². The maximum atomic E-state index is 12.1. The third-order valence-corrected chi connectivity index (χ3v) is 3.34. The Labute approximate surface area is 133 Å². The zero-order valence-electron chi connectivity index (χ0n) is 11.6. The van der Waals surface area contributed by atoms with Crippen molar-refractivity contribution in [2.75, 3.05) is 20.6 Å². The van der Waals surface area contributed by atoms with Gasteiger partial charge in [-0.3, -0.25) is 9.59 Å². The van der Waals surface area contributed by atoms with Gasteiger partial charge >= 0.3 is 0 Å². The van der Waals surface area contributed by atoms with E-state index in [2.05, 4.69) is 21.2 Å². The summed E-state index contributed by atoms with van der Waals surface area (Å²) in [4.78, 5) is 24.9. The Bertz CT molecular complexity index is 475. The standard InChI is InChI=1S/C13H18BrN3O2.ClH/c1-13(15,9-4-6-10(14)7-5-9)12(19)16-8-11(18)17(2)3;/h4-7H,8,15H2,1-3H3,(H,16,19);1H. The number of carbonyl (C=O) groups is 2. The third kappa shape index (κ3) is 4.77. The van der Waals surface area contributed by atoms with Crippen molar-refractivity contribution in [1.82, 2.24) is 10.2 Å². The first kappa shape index (κ1) is 18.9. The molecule has 1 aromatic carbocycles. The number of halogens is 2. The van der Waals surface area contributed by atoms with Crippen LogP contribution in [0, 0.1) is 0 Å². The van der Waals surface area contributed by atoms with Gasteiger partial charge in [-0.25, -0.2) is 0 Å². The van der Waals surface area contributed by atoms with Crippen LogP contribution in [-0.2, 0) is 15.1 Å². The molecule has 0 radical (unpaired) electrons. The van der Waals surface area contributed by atoms with Gasteiger partial charge in [-0.15, -0.1) is 12.4 Å². The van der Waals surface area contributed by atoms with Crippen molar-refractivity contribution in [2.45, 2.75) is 12.5 Å². The Morgan fingerprint density at radius 1 is 1.30 bits per heavy atom. The van der Waals surface area contributed by atoms with Crippen LogP contribution in [0.15, 0.2) is 28.7 Å². The number of amides is 2. The van der Waals surface area contributed by atoms with Crippen molar-refractivity contribution >= 4 is 40.2 Å². The summed E-state index contributed by atoms with van der Waals surface area (Å²) in [7, 11) is 3.26. The highest BCUT2D eigenvalue weighted by molar-refractivity contribution is 9.10. The molecule has 0 fully saturated rings.